The predicted octanol–water partition coefficient (Wildman–Crippen LogP) is 3.81. The number of benzene rings is 2. The molecule has 0 fully saturated rings. The zero-order chi connectivity index (χ0) is 14.2. The second-order valence-electron chi connectivity index (χ2n) is 6.57. The van der Waals surface area contributed by atoms with Crippen LogP contribution in [0, 0.1) is 0 Å². The average Bonchev–Trinajstić information content (AvgIpc) is 3.13. The highest BCUT2D eigenvalue weighted by Crippen LogP contribution is 2.36. The minimum absolute atomic E-state index is 0.256. The van der Waals surface area contributed by atoms with Gasteiger partial charge in [0.1, 0.15) is 0 Å². The number of aliphatic hydroxyl groups excluding tert-OH is 1. The maximum atomic E-state index is 10.7. The van der Waals surface area contributed by atoms with Gasteiger partial charge in [-0.25, -0.2) is 0 Å². The zero-order valence-corrected chi connectivity index (χ0v) is 12.4. The first-order valence-electron chi connectivity index (χ1n) is 8.18. The van der Waals surface area contributed by atoms with Crippen molar-refractivity contribution in [1.29, 1.82) is 0 Å². The molecular formula is C20H22O. The summed E-state index contributed by atoms with van der Waals surface area (Å²) in [6.07, 6.45) is 6.46. The van der Waals surface area contributed by atoms with Crippen LogP contribution in [0.4, 0.5) is 0 Å². The lowest BCUT2D eigenvalue weighted by molar-refractivity contribution is 0.143. The maximum absolute atomic E-state index is 10.7. The molecule has 0 radical (unpaired) electrons. The summed E-state index contributed by atoms with van der Waals surface area (Å²) in [4.78, 5) is 0. The highest BCUT2D eigenvalue weighted by atomic mass is 16.3. The third-order valence-electron chi connectivity index (χ3n) is 5.25. The van der Waals surface area contributed by atoms with Crippen molar-refractivity contribution in [2.45, 2.75) is 50.5 Å². The van der Waals surface area contributed by atoms with Crippen molar-refractivity contribution in [3.63, 3.8) is 0 Å². The molecule has 1 nitrogen and oxygen atoms in total. The monoisotopic (exact) mass is 278 g/mol. The lowest BCUT2D eigenvalue weighted by Gasteiger charge is -2.19. The summed E-state index contributed by atoms with van der Waals surface area (Å²) in [5.41, 5.74) is 7.11. The fourth-order valence-corrected chi connectivity index (χ4v) is 4.13. The van der Waals surface area contributed by atoms with Gasteiger partial charge in [-0.05, 0) is 66.3 Å². The van der Waals surface area contributed by atoms with E-state index in [0.717, 1.165) is 19.3 Å². The van der Waals surface area contributed by atoms with Gasteiger partial charge >= 0.3 is 0 Å². The Morgan fingerprint density at radius 1 is 0.952 bits per heavy atom. The molecule has 0 saturated heterocycles. The fourth-order valence-electron chi connectivity index (χ4n) is 4.13. The third-order valence-corrected chi connectivity index (χ3v) is 5.25. The van der Waals surface area contributed by atoms with Crippen LogP contribution in [0.5, 0.6) is 0 Å². The highest BCUT2D eigenvalue weighted by molar-refractivity contribution is 5.38. The standard InChI is InChI=1S/C20H22O/c21-20(19-11-10-16-4-1-2-7-18(16)19)13-14-8-9-15-5-3-6-17(15)12-14/h1-2,4,7-9,12,19-21H,3,5-6,10-11,13H2. The number of aryl methyl sites for hydroxylation is 3. The van der Waals surface area contributed by atoms with Gasteiger partial charge in [-0.1, -0.05) is 42.5 Å². The molecule has 2 unspecified atom stereocenters. The molecule has 0 heterocycles. The molecule has 2 aliphatic carbocycles. The number of aliphatic hydroxyl groups is 1. The SMILES string of the molecule is OC(Cc1ccc2c(c1)CCC2)C1CCc2ccccc21. The Bertz CT molecular complexity index is 659. The lowest BCUT2D eigenvalue weighted by Crippen LogP contribution is -2.19. The first-order valence-corrected chi connectivity index (χ1v) is 8.18. The van der Waals surface area contributed by atoms with Crippen LogP contribution in [-0.4, -0.2) is 11.2 Å². The second kappa shape index (κ2) is 5.31. The minimum Gasteiger partial charge on any atom is -0.392 e. The summed E-state index contributed by atoms with van der Waals surface area (Å²) in [5, 5.41) is 10.7. The lowest BCUT2D eigenvalue weighted by atomic mass is 9.90. The molecule has 0 saturated carbocycles. The Labute approximate surface area is 126 Å². The number of hydrogen-bond donors (Lipinski definition) is 1. The van der Waals surface area contributed by atoms with Crippen molar-refractivity contribution in [3.05, 3.63) is 70.3 Å². The van der Waals surface area contributed by atoms with Crippen molar-refractivity contribution < 1.29 is 5.11 Å². The molecule has 0 aliphatic heterocycles. The molecule has 21 heavy (non-hydrogen) atoms. The molecule has 1 heteroatoms. The largest absolute Gasteiger partial charge is 0.392 e. The van der Waals surface area contributed by atoms with Crippen molar-refractivity contribution in [2.24, 2.45) is 0 Å². The van der Waals surface area contributed by atoms with Gasteiger partial charge in [0, 0.05) is 5.92 Å². The van der Waals surface area contributed by atoms with Gasteiger partial charge in [0.25, 0.3) is 0 Å². The molecule has 2 aromatic carbocycles. The Morgan fingerprint density at radius 3 is 2.76 bits per heavy atom. The Morgan fingerprint density at radius 2 is 1.81 bits per heavy atom. The van der Waals surface area contributed by atoms with Crippen molar-refractivity contribution in [2.75, 3.05) is 0 Å². The molecule has 2 atom stereocenters. The van der Waals surface area contributed by atoms with E-state index < -0.39 is 0 Å². The summed E-state index contributed by atoms with van der Waals surface area (Å²) in [6.45, 7) is 0. The van der Waals surface area contributed by atoms with E-state index in [2.05, 4.69) is 42.5 Å². The highest BCUT2D eigenvalue weighted by Gasteiger charge is 2.28. The summed E-state index contributed by atoms with van der Waals surface area (Å²) in [6, 6.07) is 15.4. The fraction of sp³-hybridized carbons (Fsp3) is 0.400. The van der Waals surface area contributed by atoms with Crippen molar-refractivity contribution in [3.8, 4) is 0 Å². The van der Waals surface area contributed by atoms with Gasteiger partial charge < -0.3 is 5.11 Å². The molecular weight excluding hydrogens is 256 g/mol. The number of fused-ring (bicyclic) bond motifs is 2. The smallest absolute Gasteiger partial charge is 0.0649 e. The average molecular weight is 278 g/mol. The molecule has 108 valence electrons. The molecule has 1 N–H and O–H groups in total. The third kappa shape index (κ3) is 2.40. The zero-order valence-electron chi connectivity index (χ0n) is 12.4. The Kier molecular flexibility index (Phi) is 3.31. The van der Waals surface area contributed by atoms with E-state index in [-0.39, 0.29) is 6.10 Å². The molecule has 0 aromatic heterocycles. The van der Waals surface area contributed by atoms with Crippen molar-refractivity contribution >= 4 is 0 Å². The van der Waals surface area contributed by atoms with Crippen LogP contribution in [0.1, 0.15) is 46.6 Å². The van der Waals surface area contributed by atoms with Gasteiger partial charge in [-0.15, -0.1) is 0 Å². The Hall–Kier alpha value is -1.60. The van der Waals surface area contributed by atoms with Crippen molar-refractivity contribution in [1.82, 2.24) is 0 Å². The molecule has 0 amide bonds. The topological polar surface area (TPSA) is 20.2 Å². The Balaban J connectivity index is 1.53. The van der Waals surface area contributed by atoms with Crippen LogP contribution in [-0.2, 0) is 25.7 Å². The van der Waals surface area contributed by atoms with Gasteiger partial charge in [-0.2, -0.15) is 0 Å². The molecule has 2 aliphatic rings. The number of rotatable bonds is 3. The van der Waals surface area contributed by atoms with E-state index in [4.69, 9.17) is 0 Å². The van der Waals surface area contributed by atoms with Gasteiger partial charge in [0.05, 0.1) is 6.10 Å². The van der Waals surface area contributed by atoms with Crippen LogP contribution in [0.3, 0.4) is 0 Å². The molecule has 4 rings (SSSR count). The van der Waals surface area contributed by atoms with Crippen LogP contribution in [0.25, 0.3) is 0 Å². The second-order valence-corrected chi connectivity index (χ2v) is 6.57. The van der Waals surface area contributed by atoms with E-state index >= 15 is 0 Å². The van der Waals surface area contributed by atoms with E-state index in [0.29, 0.717) is 5.92 Å². The number of hydrogen-bond acceptors (Lipinski definition) is 1. The first kappa shape index (κ1) is 13.1. The normalized spacial score (nSPS) is 21.1. The van der Waals surface area contributed by atoms with E-state index in [1.54, 1.807) is 0 Å². The van der Waals surface area contributed by atoms with E-state index in [1.807, 2.05) is 0 Å². The quantitative estimate of drug-likeness (QED) is 0.905. The summed E-state index contributed by atoms with van der Waals surface area (Å²) in [7, 11) is 0. The van der Waals surface area contributed by atoms with Gasteiger partial charge in [0.2, 0.25) is 0 Å². The van der Waals surface area contributed by atoms with E-state index in [9.17, 15) is 5.11 Å². The van der Waals surface area contributed by atoms with Crippen LogP contribution in [0.15, 0.2) is 42.5 Å². The summed E-state index contributed by atoms with van der Waals surface area (Å²) < 4.78 is 0. The van der Waals surface area contributed by atoms with E-state index in [1.165, 1.54) is 47.1 Å². The molecule has 2 aromatic rings. The summed E-state index contributed by atoms with van der Waals surface area (Å²) >= 11 is 0. The van der Waals surface area contributed by atoms with Crippen LogP contribution < -0.4 is 0 Å². The predicted molar refractivity (Wildman–Crippen MR) is 85.7 cm³/mol. The van der Waals surface area contributed by atoms with Crippen LogP contribution in [0.2, 0.25) is 0 Å². The molecule has 0 bridgehead atoms. The minimum atomic E-state index is -0.256. The maximum Gasteiger partial charge on any atom is 0.0649 e. The molecule has 0 spiro atoms. The first-order chi connectivity index (χ1) is 10.3. The van der Waals surface area contributed by atoms with Crippen LogP contribution >= 0.6 is 0 Å². The van der Waals surface area contributed by atoms with Gasteiger partial charge in [-0.3, -0.25) is 0 Å². The summed E-state index contributed by atoms with van der Waals surface area (Å²) in [5.74, 6) is 0.314. The van der Waals surface area contributed by atoms with Gasteiger partial charge in [0.15, 0.2) is 0 Å².